The Labute approximate surface area is 104 Å². The van der Waals surface area contributed by atoms with E-state index in [1.807, 2.05) is 31.2 Å². The summed E-state index contributed by atoms with van der Waals surface area (Å²) < 4.78 is 0. The van der Waals surface area contributed by atoms with Gasteiger partial charge in [-0.05, 0) is 39.7 Å². The molecule has 0 saturated heterocycles. The molecular weight excluding hydrogens is 210 g/mol. The standard InChI is InChI=1S/C15H21NO/c1-11-4-6-14(7-5-11)15(17)10-16(3)12(2)13-8-9-13/h4-7,12-13H,8-10H2,1-3H3. The number of carbonyl (C=O) groups excluding carboxylic acids is 1. The summed E-state index contributed by atoms with van der Waals surface area (Å²) in [7, 11) is 2.05. The first-order valence-corrected chi connectivity index (χ1v) is 6.38. The number of aryl methyl sites for hydroxylation is 1. The maximum atomic E-state index is 12.1. The minimum Gasteiger partial charge on any atom is -0.296 e. The molecule has 0 radical (unpaired) electrons. The Morgan fingerprint density at radius 3 is 2.47 bits per heavy atom. The molecule has 2 heteroatoms. The summed E-state index contributed by atoms with van der Waals surface area (Å²) in [6.45, 7) is 4.79. The average Bonchev–Trinajstić information content (AvgIpc) is 3.12. The monoisotopic (exact) mass is 231 g/mol. The molecule has 0 aliphatic heterocycles. The average molecular weight is 231 g/mol. The Kier molecular flexibility index (Phi) is 3.63. The van der Waals surface area contributed by atoms with Gasteiger partial charge in [-0.15, -0.1) is 0 Å². The molecule has 1 saturated carbocycles. The molecule has 1 unspecified atom stereocenters. The van der Waals surface area contributed by atoms with Crippen LogP contribution in [0.3, 0.4) is 0 Å². The molecule has 0 N–H and O–H groups in total. The lowest BCUT2D eigenvalue weighted by Gasteiger charge is -2.23. The van der Waals surface area contributed by atoms with Crippen molar-refractivity contribution in [2.75, 3.05) is 13.6 Å². The number of ketones is 1. The van der Waals surface area contributed by atoms with Gasteiger partial charge >= 0.3 is 0 Å². The number of hydrogen-bond acceptors (Lipinski definition) is 2. The molecule has 0 bridgehead atoms. The summed E-state index contributed by atoms with van der Waals surface area (Å²) in [5.41, 5.74) is 2.02. The zero-order valence-corrected chi connectivity index (χ0v) is 10.9. The first kappa shape index (κ1) is 12.3. The lowest BCUT2D eigenvalue weighted by Crippen LogP contribution is -2.35. The van der Waals surface area contributed by atoms with E-state index in [0.29, 0.717) is 12.6 Å². The third-order valence-electron chi connectivity index (χ3n) is 3.77. The molecule has 2 nitrogen and oxygen atoms in total. The van der Waals surface area contributed by atoms with Crippen molar-refractivity contribution in [2.45, 2.75) is 32.7 Å². The maximum absolute atomic E-state index is 12.1. The Balaban J connectivity index is 1.93. The molecule has 17 heavy (non-hydrogen) atoms. The van der Waals surface area contributed by atoms with Crippen LogP contribution in [0.1, 0.15) is 35.7 Å². The maximum Gasteiger partial charge on any atom is 0.176 e. The van der Waals surface area contributed by atoms with Crippen LogP contribution in [0.25, 0.3) is 0 Å². The van der Waals surface area contributed by atoms with Crippen molar-refractivity contribution in [2.24, 2.45) is 5.92 Å². The van der Waals surface area contributed by atoms with Crippen molar-refractivity contribution in [3.8, 4) is 0 Å². The van der Waals surface area contributed by atoms with Crippen LogP contribution >= 0.6 is 0 Å². The fraction of sp³-hybridized carbons (Fsp3) is 0.533. The van der Waals surface area contributed by atoms with Gasteiger partial charge in [-0.1, -0.05) is 29.8 Å². The van der Waals surface area contributed by atoms with Crippen molar-refractivity contribution in [3.63, 3.8) is 0 Å². The van der Waals surface area contributed by atoms with Gasteiger partial charge in [0.1, 0.15) is 0 Å². The molecule has 0 aromatic heterocycles. The summed E-state index contributed by atoms with van der Waals surface area (Å²) >= 11 is 0. The van der Waals surface area contributed by atoms with E-state index in [9.17, 15) is 4.79 Å². The van der Waals surface area contributed by atoms with Gasteiger partial charge in [0, 0.05) is 11.6 Å². The first-order valence-electron chi connectivity index (χ1n) is 6.38. The van der Waals surface area contributed by atoms with Gasteiger partial charge < -0.3 is 0 Å². The number of carbonyl (C=O) groups is 1. The predicted octanol–water partition coefficient (Wildman–Crippen LogP) is 2.91. The quantitative estimate of drug-likeness (QED) is 0.726. The Bertz CT molecular complexity index is 392. The van der Waals surface area contributed by atoms with E-state index in [-0.39, 0.29) is 5.78 Å². The van der Waals surface area contributed by atoms with Gasteiger partial charge in [0.25, 0.3) is 0 Å². The summed E-state index contributed by atoms with van der Waals surface area (Å²) in [6.07, 6.45) is 2.65. The van der Waals surface area contributed by atoms with E-state index >= 15 is 0 Å². The van der Waals surface area contributed by atoms with Gasteiger partial charge in [-0.25, -0.2) is 0 Å². The van der Waals surface area contributed by atoms with Gasteiger partial charge in [0.05, 0.1) is 6.54 Å². The molecule has 0 spiro atoms. The number of nitrogens with zero attached hydrogens (tertiary/aromatic N) is 1. The zero-order chi connectivity index (χ0) is 12.4. The molecule has 0 heterocycles. The van der Waals surface area contributed by atoms with Crippen molar-refractivity contribution >= 4 is 5.78 Å². The highest BCUT2D eigenvalue weighted by Gasteiger charge is 2.30. The molecule has 0 amide bonds. The first-order chi connectivity index (χ1) is 8.08. The summed E-state index contributed by atoms with van der Waals surface area (Å²) in [5, 5.41) is 0. The Morgan fingerprint density at radius 1 is 1.35 bits per heavy atom. The summed E-state index contributed by atoms with van der Waals surface area (Å²) in [5.74, 6) is 1.03. The molecule has 1 atom stereocenters. The second kappa shape index (κ2) is 5.01. The smallest absolute Gasteiger partial charge is 0.176 e. The zero-order valence-electron chi connectivity index (χ0n) is 10.9. The highest BCUT2D eigenvalue weighted by molar-refractivity contribution is 5.97. The number of hydrogen-bond donors (Lipinski definition) is 0. The van der Waals surface area contributed by atoms with Gasteiger partial charge in [-0.2, -0.15) is 0 Å². The highest BCUT2D eigenvalue weighted by Crippen LogP contribution is 2.34. The van der Waals surface area contributed by atoms with E-state index in [0.717, 1.165) is 11.5 Å². The fourth-order valence-electron chi connectivity index (χ4n) is 2.14. The minimum absolute atomic E-state index is 0.222. The van der Waals surface area contributed by atoms with E-state index in [1.54, 1.807) is 0 Å². The van der Waals surface area contributed by atoms with Crippen LogP contribution < -0.4 is 0 Å². The SMILES string of the molecule is Cc1ccc(C(=O)CN(C)C(C)C2CC2)cc1. The van der Waals surface area contributed by atoms with Crippen LogP contribution in [0.5, 0.6) is 0 Å². The lowest BCUT2D eigenvalue weighted by atomic mass is 10.1. The number of benzene rings is 1. The second-order valence-corrected chi connectivity index (χ2v) is 5.28. The molecule has 1 aromatic rings. The van der Waals surface area contributed by atoms with Crippen molar-refractivity contribution in [3.05, 3.63) is 35.4 Å². The van der Waals surface area contributed by atoms with Crippen LogP contribution in [0.15, 0.2) is 24.3 Å². The molecular formula is C15H21NO. The normalized spacial score (nSPS) is 17.2. The lowest BCUT2D eigenvalue weighted by molar-refractivity contribution is 0.0917. The van der Waals surface area contributed by atoms with Crippen LogP contribution in [-0.4, -0.2) is 30.3 Å². The predicted molar refractivity (Wildman–Crippen MR) is 70.3 cm³/mol. The highest BCUT2D eigenvalue weighted by atomic mass is 16.1. The van der Waals surface area contributed by atoms with Gasteiger partial charge in [0.2, 0.25) is 0 Å². The van der Waals surface area contributed by atoms with Crippen LogP contribution in [0, 0.1) is 12.8 Å². The Morgan fingerprint density at radius 2 is 1.94 bits per heavy atom. The summed E-state index contributed by atoms with van der Waals surface area (Å²) in [6, 6.07) is 8.37. The second-order valence-electron chi connectivity index (χ2n) is 5.28. The van der Waals surface area contributed by atoms with Gasteiger partial charge in [-0.3, -0.25) is 9.69 Å². The number of likely N-dealkylation sites (N-methyl/N-ethyl adjacent to an activating group) is 1. The van der Waals surface area contributed by atoms with E-state index < -0.39 is 0 Å². The molecule has 92 valence electrons. The molecule has 1 aliphatic carbocycles. The fourth-order valence-corrected chi connectivity index (χ4v) is 2.14. The molecule has 1 fully saturated rings. The minimum atomic E-state index is 0.222. The summed E-state index contributed by atoms with van der Waals surface area (Å²) in [4.78, 5) is 14.3. The van der Waals surface area contributed by atoms with E-state index in [4.69, 9.17) is 0 Å². The van der Waals surface area contributed by atoms with Crippen molar-refractivity contribution < 1.29 is 4.79 Å². The van der Waals surface area contributed by atoms with E-state index in [2.05, 4.69) is 18.9 Å². The van der Waals surface area contributed by atoms with Crippen LogP contribution in [-0.2, 0) is 0 Å². The molecule has 1 aromatic carbocycles. The third-order valence-corrected chi connectivity index (χ3v) is 3.77. The number of Topliss-reactive ketones (excluding diaryl/α,β-unsaturated/α-hetero) is 1. The third kappa shape index (κ3) is 3.16. The molecule has 2 rings (SSSR count). The van der Waals surface area contributed by atoms with E-state index in [1.165, 1.54) is 18.4 Å². The van der Waals surface area contributed by atoms with Gasteiger partial charge in [0.15, 0.2) is 5.78 Å². The van der Waals surface area contributed by atoms with Crippen LogP contribution in [0.2, 0.25) is 0 Å². The van der Waals surface area contributed by atoms with Crippen molar-refractivity contribution in [1.29, 1.82) is 0 Å². The Hall–Kier alpha value is -1.15. The van der Waals surface area contributed by atoms with Crippen LogP contribution in [0.4, 0.5) is 0 Å². The topological polar surface area (TPSA) is 20.3 Å². The molecule has 1 aliphatic rings. The largest absolute Gasteiger partial charge is 0.296 e. The number of rotatable bonds is 5. The van der Waals surface area contributed by atoms with Crippen molar-refractivity contribution in [1.82, 2.24) is 4.90 Å².